The molecular weight excluding hydrogens is 214 g/mol. The van der Waals surface area contributed by atoms with Crippen molar-refractivity contribution < 1.29 is 9.53 Å². The van der Waals surface area contributed by atoms with Crippen LogP contribution in [0.5, 0.6) is 0 Å². The van der Waals surface area contributed by atoms with E-state index in [-0.39, 0.29) is 5.97 Å². The van der Waals surface area contributed by atoms with Crippen LogP contribution < -0.4 is 5.32 Å². The van der Waals surface area contributed by atoms with Gasteiger partial charge >= 0.3 is 5.97 Å². The second-order valence-corrected chi connectivity index (χ2v) is 5.58. The number of hydrogen-bond acceptors (Lipinski definition) is 3. The van der Waals surface area contributed by atoms with Crippen LogP contribution in [0.1, 0.15) is 51.4 Å². The van der Waals surface area contributed by atoms with E-state index in [1.807, 2.05) is 0 Å². The van der Waals surface area contributed by atoms with Crippen molar-refractivity contribution in [3.63, 3.8) is 0 Å². The molecule has 0 bridgehead atoms. The molecule has 0 amide bonds. The Morgan fingerprint density at radius 3 is 2.65 bits per heavy atom. The average molecular weight is 239 g/mol. The Hall–Kier alpha value is -0.570. The first kappa shape index (κ1) is 12.9. The van der Waals surface area contributed by atoms with Crippen LogP contribution in [0.15, 0.2) is 0 Å². The largest absolute Gasteiger partial charge is 0.465 e. The molecular formula is C14H25NO2. The highest BCUT2D eigenvalue weighted by Crippen LogP contribution is 2.24. The molecule has 3 nitrogen and oxygen atoms in total. The topological polar surface area (TPSA) is 38.3 Å². The zero-order chi connectivity index (χ0) is 11.9. The van der Waals surface area contributed by atoms with Gasteiger partial charge in [-0.15, -0.1) is 0 Å². The summed E-state index contributed by atoms with van der Waals surface area (Å²) in [5, 5.41) is 3.33. The molecule has 1 saturated heterocycles. The van der Waals surface area contributed by atoms with Gasteiger partial charge in [-0.3, -0.25) is 4.79 Å². The maximum absolute atomic E-state index is 11.6. The van der Waals surface area contributed by atoms with Gasteiger partial charge in [0.25, 0.3) is 0 Å². The minimum Gasteiger partial charge on any atom is -0.465 e. The fourth-order valence-electron chi connectivity index (χ4n) is 2.92. The van der Waals surface area contributed by atoms with Gasteiger partial charge < -0.3 is 10.1 Å². The summed E-state index contributed by atoms with van der Waals surface area (Å²) in [6.45, 7) is 2.86. The summed E-state index contributed by atoms with van der Waals surface area (Å²) in [7, 11) is 0. The maximum Gasteiger partial charge on any atom is 0.305 e. The number of rotatable bonds is 5. The molecule has 0 aromatic heterocycles. The SMILES string of the molecule is O=C(CCC1CCNC1)OCC1CCCCC1. The third-order valence-electron chi connectivity index (χ3n) is 4.12. The van der Waals surface area contributed by atoms with E-state index in [9.17, 15) is 4.79 Å². The molecule has 1 heterocycles. The van der Waals surface area contributed by atoms with Crippen molar-refractivity contribution in [1.29, 1.82) is 0 Å². The Bertz CT molecular complexity index is 230. The summed E-state index contributed by atoms with van der Waals surface area (Å²) >= 11 is 0. The van der Waals surface area contributed by atoms with Crippen molar-refractivity contribution in [3.8, 4) is 0 Å². The second kappa shape index (κ2) is 7.00. The monoisotopic (exact) mass is 239 g/mol. The predicted octanol–water partition coefficient (Wildman–Crippen LogP) is 2.50. The van der Waals surface area contributed by atoms with Crippen LogP contribution in [0.2, 0.25) is 0 Å². The van der Waals surface area contributed by atoms with Gasteiger partial charge in [-0.05, 0) is 50.6 Å². The molecule has 0 aromatic carbocycles. The summed E-state index contributed by atoms with van der Waals surface area (Å²) in [4.78, 5) is 11.6. The van der Waals surface area contributed by atoms with Crippen molar-refractivity contribution in [2.24, 2.45) is 11.8 Å². The Kier molecular flexibility index (Phi) is 5.30. The van der Waals surface area contributed by atoms with Gasteiger partial charge in [0.05, 0.1) is 6.61 Å². The van der Waals surface area contributed by atoms with Gasteiger partial charge in [0, 0.05) is 6.42 Å². The van der Waals surface area contributed by atoms with Gasteiger partial charge in [0.1, 0.15) is 0 Å². The minimum absolute atomic E-state index is 0.0162. The van der Waals surface area contributed by atoms with Crippen molar-refractivity contribution >= 4 is 5.97 Å². The van der Waals surface area contributed by atoms with Gasteiger partial charge in [0.2, 0.25) is 0 Å². The predicted molar refractivity (Wildman–Crippen MR) is 67.7 cm³/mol. The van der Waals surface area contributed by atoms with Crippen molar-refractivity contribution in [2.45, 2.75) is 51.4 Å². The summed E-state index contributed by atoms with van der Waals surface area (Å²) in [6.07, 6.45) is 9.32. The van der Waals surface area contributed by atoms with E-state index in [2.05, 4.69) is 5.32 Å². The number of esters is 1. The lowest BCUT2D eigenvalue weighted by atomic mass is 9.90. The van der Waals surface area contributed by atoms with E-state index in [1.54, 1.807) is 0 Å². The lowest BCUT2D eigenvalue weighted by Crippen LogP contribution is -2.17. The number of hydrogen-bond donors (Lipinski definition) is 1. The standard InChI is InChI=1S/C14H25NO2/c16-14(7-6-12-8-9-15-10-12)17-11-13-4-2-1-3-5-13/h12-13,15H,1-11H2. The Morgan fingerprint density at radius 2 is 1.94 bits per heavy atom. The lowest BCUT2D eigenvalue weighted by Gasteiger charge is -2.21. The van der Waals surface area contributed by atoms with Gasteiger partial charge in [-0.2, -0.15) is 0 Å². The molecule has 0 spiro atoms. The smallest absolute Gasteiger partial charge is 0.305 e. The second-order valence-electron chi connectivity index (χ2n) is 5.58. The average Bonchev–Trinajstić information content (AvgIpc) is 2.88. The van der Waals surface area contributed by atoms with Crippen molar-refractivity contribution in [2.75, 3.05) is 19.7 Å². The van der Waals surface area contributed by atoms with Crippen LogP contribution in [0.3, 0.4) is 0 Å². The zero-order valence-corrected chi connectivity index (χ0v) is 10.7. The molecule has 2 rings (SSSR count). The lowest BCUT2D eigenvalue weighted by molar-refractivity contribution is -0.145. The molecule has 1 N–H and O–H groups in total. The van der Waals surface area contributed by atoms with Gasteiger partial charge in [-0.1, -0.05) is 19.3 Å². The van der Waals surface area contributed by atoms with Gasteiger partial charge in [-0.25, -0.2) is 0 Å². The molecule has 17 heavy (non-hydrogen) atoms. The van der Waals surface area contributed by atoms with E-state index >= 15 is 0 Å². The van der Waals surface area contributed by atoms with E-state index in [4.69, 9.17) is 4.74 Å². The van der Waals surface area contributed by atoms with E-state index < -0.39 is 0 Å². The molecule has 2 aliphatic rings. The quantitative estimate of drug-likeness (QED) is 0.749. The number of ether oxygens (including phenoxy) is 1. The summed E-state index contributed by atoms with van der Waals surface area (Å²) in [5.41, 5.74) is 0. The molecule has 3 heteroatoms. The van der Waals surface area contributed by atoms with Crippen LogP contribution in [0, 0.1) is 11.8 Å². The Morgan fingerprint density at radius 1 is 1.12 bits per heavy atom. The van der Waals surface area contributed by atoms with Crippen LogP contribution >= 0.6 is 0 Å². The molecule has 1 aliphatic carbocycles. The van der Waals surface area contributed by atoms with E-state index in [1.165, 1.54) is 38.5 Å². The normalized spacial score (nSPS) is 26.0. The van der Waals surface area contributed by atoms with Crippen LogP contribution in [-0.4, -0.2) is 25.7 Å². The zero-order valence-electron chi connectivity index (χ0n) is 10.7. The fourth-order valence-corrected chi connectivity index (χ4v) is 2.92. The first-order chi connectivity index (χ1) is 8.34. The Balaban J connectivity index is 1.53. The molecule has 1 saturated carbocycles. The first-order valence-electron chi connectivity index (χ1n) is 7.21. The molecule has 98 valence electrons. The molecule has 0 radical (unpaired) electrons. The maximum atomic E-state index is 11.6. The van der Waals surface area contributed by atoms with Crippen molar-refractivity contribution in [3.05, 3.63) is 0 Å². The van der Waals surface area contributed by atoms with Crippen LogP contribution in [0.25, 0.3) is 0 Å². The highest BCUT2D eigenvalue weighted by molar-refractivity contribution is 5.69. The molecule has 2 fully saturated rings. The number of nitrogens with one attached hydrogen (secondary N) is 1. The third-order valence-corrected chi connectivity index (χ3v) is 4.12. The van der Waals surface area contributed by atoms with E-state index in [0.29, 0.717) is 24.9 Å². The van der Waals surface area contributed by atoms with Gasteiger partial charge in [0.15, 0.2) is 0 Å². The highest BCUT2D eigenvalue weighted by atomic mass is 16.5. The molecule has 1 aliphatic heterocycles. The Labute approximate surface area is 104 Å². The van der Waals surface area contributed by atoms with E-state index in [0.717, 1.165) is 19.5 Å². The number of carbonyl (C=O) groups is 1. The first-order valence-corrected chi connectivity index (χ1v) is 7.21. The molecule has 1 unspecified atom stereocenters. The van der Waals surface area contributed by atoms with Crippen molar-refractivity contribution in [1.82, 2.24) is 5.32 Å². The van der Waals surface area contributed by atoms with Crippen LogP contribution in [0.4, 0.5) is 0 Å². The summed E-state index contributed by atoms with van der Waals surface area (Å²) in [6, 6.07) is 0. The third kappa shape index (κ3) is 4.66. The van der Waals surface area contributed by atoms with Crippen LogP contribution in [-0.2, 0) is 9.53 Å². The minimum atomic E-state index is 0.0162. The number of carbonyl (C=O) groups excluding carboxylic acids is 1. The summed E-state index contributed by atoms with van der Waals surface area (Å²) in [5.74, 6) is 1.35. The summed E-state index contributed by atoms with van der Waals surface area (Å²) < 4.78 is 5.38. The fraction of sp³-hybridized carbons (Fsp3) is 0.929. The molecule has 1 atom stereocenters. The highest BCUT2D eigenvalue weighted by Gasteiger charge is 2.18. The molecule has 0 aromatic rings.